The summed E-state index contributed by atoms with van der Waals surface area (Å²) < 4.78 is 12.7. The van der Waals surface area contributed by atoms with Gasteiger partial charge in [-0.25, -0.2) is 9.67 Å². The Labute approximate surface area is 169 Å². The fourth-order valence-electron chi connectivity index (χ4n) is 3.52. The molecule has 0 amide bonds. The maximum Gasteiger partial charge on any atom is 0.290 e. The van der Waals surface area contributed by atoms with E-state index >= 15 is 0 Å². The Morgan fingerprint density at radius 1 is 1.31 bits per heavy atom. The molecule has 1 aliphatic carbocycles. The standard InChI is InChI=1S/C20H24N4O2.CH2O2/c1-23(11-13-25-2)14-19-21-20(18-10-5-12-26-18)22-24(19)17-9-4-7-15-6-3-8-16(15)17;2-1-3/h4-5,7,9-10,12H,3,6,8,11,13-14H2,1-2H3;1H,(H,2,3). The topological polar surface area (TPSA) is 93.6 Å². The van der Waals surface area contributed by atoms with Crippen LogP contribution in [0.15, 0.2) is 41.0 Å². The number of ether oxygens (including phenoxy) is 1. The van der Waals surface area contributed by atoms with E-state index in [1.807, 2.05) is 16.8 Å². The molecule has 0 spiro atoms. The zero-order valence-corrected chi connectivity index (χ0v) is 16.7. The second kappa shape index (κ2) is 9.99. The van der Waals surface area contributed by atoms with Crippen LogP contribution in [0, 0.1) is 0 Å². The average Bonchev–Trinajstić information content (AvgIpc) is 3.46. The van der Waals surface area contributed by atoms with Crippen LogP contribution in [0.2, 0.25) is 0 Å². The molecule has 0 bridgehead atoms. The van der Waals surface area contributed by atoms with Crippen LogP contribution < -0.4 is 0 Å². The third-order valence-corrected chi connectivity index (χ3v) is 4.85. The first kappa shape index (κ1) is 20.8. The Bertz CT molecular complexity index is 921. The van der Waals surface area contributed by atoms with Crippen molar-refractivity contribution in [3.63, 3.8) is 0 Å². The maximum atomic E-state index is 8.36. The highest BCUT2D eigenvalue weighted by Gasteiger charge is 2.21. The molecular weight excluding hydrogens is 372 g/mol. The normalized spacial score (nSPS) is 12.5. The molecule has 1 aliphatic rings. The first-order chi connectivity index (χ1) is 14.2. The molecule has 8 heteroatoms. The van der Waals surface area contributed by atoms with Gasteiger partial charge >= 0.3 is 0 Å². The first-order valence-corrected chi connectivity index (χ1v) is 9.54. The summed E-state index contributed by atoms with van der Waals surface area (Å²) in [6.45, 7) is 1.98. The van der Waals surface area contributed by atoms with Crippen LogP contribution in [-0.4, -0.2) is 58.6 Å². The van der Waals surface area contributed by atoms with Crippen LogP contribution >= 0.6 is 0 Å². The van der Waals surface area contributed by atoms with E-state index in [1.54, 1.807) is 13.4 Å². The lowest BCUT2D eigenvalue weighted by molar-refractivity contribution is -0.122. The van der Waals surface area contributed by atoms with Gasteiger partial charge in [-0.3, -0.25) is 9.69 Å². The molecule has 0 atom stereocenters. The number of aromatic nitrogens is 3. The minimum Gasteiger partial charge on any atom is -0.483 e. The van der Waals surface area contributed by atoms with Gasteiger partial charge in [-0.1, -0.05) is 12.1 Å². The van der Waals surface area contributed by atoms with Gasteiger partial charge in [0.1, 0.15) is 5.82 Å². The van der Waals surface area contributed by atoms with Crippen LogP contribution in [-0.2, 0) is 28.9 Å². The average molecular weight is 398 g/mol. The number of hydrogen-bond donors (Lipinski definition) is 1. The summed E-state index contributed by atoms with van der Waals surface area (Å²) in [4.78, 5) is 15.3. The largest absolute Gasteiger partial charge is 0.483 e. The first-order valence-electron chi connectivity index (χ1n) is 9.54. The Morgan fingerprint density at radius 2 is 2.14 bits per heavy atom. The summed E-state index contributed by atoms with van der Waals surface area (Å²) in [5.41, 5.74) is 3.96. The highest BCUT2D eigenvalue weighted by atomic mass is 16.5. The third-order valence-electron chi connectivity index (χ3n) is 4.85. The predicted molar refractivity (Wildman–Crippen MR) is 108 cm³/mol. The van der Waals surface area contributed by atoms with Crippen LogP contribution in [0.1, 0.15) is 23.4 Å². The molecule has 0 fully saturated rings. The van der Waals surface area contributed by atoms with E-state index in [9.17, 15) is 0 Å². The van der Waals surface area contributed by atoms with Crippen LogP contribution in [0.5, 0.6) is 0 Å². The summed E-state index contributed by atoms with van der Waals surface area (Å²) in [6, 6.07) is 10.2. The number of carboxylic acid groups (broad SMARTS) is 1. The van der Waals surface area contributed by atoms with Crippen molar-refractivity contribution in [1.82, 2.24) is 19.7 Å². The number of benzene rings is 1. The van der Waals surface area contributed by atoms with E-state index in [0.717, 1.165) is 30.9 Å². The van der Waals surface area contributed by atoms with Gasteiger partial charge in [0.15, 0.2) is 5.76 Å². The molecule has 2 heterocycles. The fourth-order valence-corrected chi connectivity index (χ4v) is 3.52. The number of furan rings is 1. The maximum absolute atomic E-state index is 8.36. The van der Waals surface area contributed by atoms with Crippen molar-refractivity contribution in [1.29, 1.82) is 0 Å². The van der Waals surface area contributed by atoms with Gasteiger partial charge in [0.25, 0.3) is 6.47 Å². The minimum atomic E-state index is -0.250. The molecular formula is C21H26N4O4. The van der Waals surface area contributed by atoms with Crippen molar-refractivity contribution in [2.24, 2.45) is 0 Å². The molecule has 4 rings (SSSR count). The van der Waals surface area contributed by atoms with Gasteiger partial charge in [-0.05, 0) is 55.6 Å². The van der Waals surface area contributed by atoms with Crippen molar-refractivity contribution in [3.8, 4) is 17.3 Å². The van der Waals surface area contributed by atoms with E-state index in [1.165, 1.54) is 17.5 Å². The van der Waals surface area contributed by atoms with E-state index in [0.29, 0.717) is 24.7 Å². The molecule has 0 unspecified atom stereocenters. The van der Waals surface area contributed by atoms with Gasteiger partial charge in [0, 0.05) is 13.7 Å². The number of likely N-dealkylation sites (N-methyl/N-ethyl adjacent to an activating group) is 1. The highest BCUT2D eigenvalue weighted by molar-refractivity contribution is 5.51. The van der Waals surface area contributed by atoms with Crippen molar-refractivity contribution < 1.29 is 19.1 Å². The summed E-state index contributed by atoms with van der Waals surface area (Å²) in [5, 5.41) is 11.7. The lowest BCUT2D eigenvalue weighted by Crippen LogP contribution is -2.24. The van der Waals surface area contributed by atoms with Gasteiger partial charge < -0.3 is 14.3 Å². The smallest absolute Gasteiger partial charge is 0.290 e. The van der Waals surface area contributed by atoms with E-state index in [4.69, 9.17) is 29.1 Å². The summed E-state index contributed by atoms with van der Waals surface area (Å²) in [5.74, 6) is 2.23. The second-order valence-corrected chi connectivity index (χ2v) is 6.85. The molecule has 1 N–H and O–H groups in total. The van der Waals surface area contributed by atoms with Gasteiger partial charge in [0.05, 0.1) is 25.1 Å². The Hall–Kier alpha value is -2.97. The highest BCUT2D eigenvalue weighted by Crippen LogP contribution is 2.29. The predicted octanol–water partition coefficient (Wildman–Crippen LogP) is 2.80. The minimum absolute atomic E-state index is 0.250. The molecule has 154 valence electrons. The van der Waals surface area contributed by atoms with Crippen molar-refractivity contribution >= 4 is 6.47 Å². The van der Waals surface area contributed by atoms with E-state index < -0.39 is 0 Å². The van der Waals surface area contributed by atoms with Gasteiger partial charge in [-0.2, -0.15) is 0 Å². The Balaban J connectivity index is 0.000000755. The SMILES string of the molecule is COCCN(C)Cc1nc(-c2ccco2)nn1-c1cccc2c1CCC2.O=CO. The number of fused-ring (bicyclic) bond motifs is 1. The molecule has 2 aromatic heterocycles. The number of aryl methyl sites for hydroxylation is 1. The number of carbonyl (C=O) groups is 1. The molecule has 0 aliphatic heterocycles. The number of methoxy groups -OCH3 is 1. The van der Waals surface area contributed by atoms with Crippen molar-refractivity contribution in [3.05, 3.63) is 53.5 Å². The lowest BCUT2D eigenvalue weighted by atomic mass is 10.1. The van der Waals surface area contributed by atoms with Gasteiger partial charge in [0.2, 0.25) is 5.82 Å². The molecule has 0 saturated heterocycles. The zero-order valence-electron chi connectivity index (χ0n) is 16.7. The van der Waals surface area contributed by atoms with Crippen molar-refractivity contribution in [2.45, 2.75) is 25.8 Å². The Morgan fingerprint density at radius 3 is 2.86 bits per heavy atom. The Kier molecular flexibility index (Phi) is 7.15. The molecule has 0 saturated carbocycles. The van der Waals surface area contributed by atoms with Crippen LogP contribution in [0.25, 0.3) is 17.3 Å². The summed E-state index contributed by atoms with van der Waals surface area (Å²) >= 11 is 0. The summed E-state index contributed by atoms with van der Waals surface area (Å²) in [7, 11) is 3.79. The van der Waals surface area contributed by atoms with E-state index in [2.05, 4.69) is 30.1 Å². The lowest BCUT2D eigenvalue weighted by Gasteiger charge is -2.17. The second-order valence-electron chi connectivity index (χ2n) is 6.85. The monoisotopic (exact) mass is 398 g/mol. The molecule has 1 aromatic carbocycles. The molecule has 8 nitrogen and oxygen atoms in total. The van der Waals surface area contributed by atoms with E-state index in [-0.39, 0.29) is 6.47 Å². The molecule has 3 aromatic rings. The van der Waals surface area contributed by atoms with Crippen LogP contribution in [0.4, 0.5) is 0 Å². The zero-order chi connectivity index (χ0) is 20.6. The number of rotatable bonds is 7. The third kappa shape index (κ3) is 4.90. The number of nitrogens with zero attached hydrogens (tertiary/aromatic N) is 4. The van der Waals surface area contributed by atoms with Crippen LogP contribution in [0.3, 0.4) is 0 Å². The summed E-state index contributed by atoms with van der Waals surface area (Å²) in [6.07, 6.45) is 5.10. The quantitative estimate of drug-likeness (QED) is 0.612. The number of hydrogen-bond acceptors (Lipinski definition) is 6. The van der Waals surface area contributed by atoms with Crippen molar-refractivity contribution in [2.75, 3.05) is 27.3 Å². The fraction of sp³-hybridized carbons (Fsp3) is 0.381. The molecule has 0 radical (unpaired) electrons. The molecule has 29 heavy (non-hydrogen) atoms. The van der Waals surface area contributed by atoms with Gasteiger partial charge in [-0.15, -0.1) is 5.10 Å².